The van der Waals surface area contributed by atoms with Gasteiger partial charge in [-0.1, -0.05) is 51.9 Å². The normalized spacial score (nSPS) is 10.0. The zero-order chi connectivity index (χ0) is 10.5. The number of hydrogen-bond donors (Lipinski definition) is 2. The minimum atomic E-state index is 0. The molecule has 0 saturated heterocycles. The predicted molar refractivity (Wildman–Crippen MR) is 76.6 cm³/mol. The average molecular weight is 254 g/mol. The van der Waals surface area contributed by atoms with Gasteiger partial charge in [-0.2, -0.15) is 12.6 Å². The summed E-state index contributed by atoms with van der Waals surface area (Å²) in [6.45, 7) is 4.50. The Morgan fingerprint density at radius 3 is 1.87 bits per heavy atom. The van der Waals surface area contributed by atoms with Gasteiger partial charge in [0.05, 0.1) is 0 Å². The Bertz CT molecular complexity index is 89.6. The van der Waals surface area contributed by atoms with E-state index in [0.29, 0.717) is 0 Å². The molecule has 0 aromatic heterocycles. The van der Waals surface area contributed by atoms with Crippen molar-refractivity contribution in [3.63, 3.8) is 0 Å². The molecule has 0 aromatic rings. The lowest BCUT2D eigenvalue weighted by atomic mass is 10.1. The Hall–Kier alpha value is 0.600. The molecule has 0 heterocycles. The summed E-state index contributed by atoms with van der Waals surface area (Å²) in [5, 5.41) is 3.37. The first-order chi connectivity index (χ1) is 6.91. The van der Waals surface area contributed by atoms with Crippen LogP contribution in [0.2, 0.25) is 0 Å². The maximum atomic E-state index is 4.15. The van der Waals surface area contributed by atoms with Gasteiger partial charge in [0.15, 0.2) is 0 Å². The van der Waals surface area contributed by atoms with E-state index < -0.39 is 0 Å². The summed E-state index contributed by atoms with van der Waals surface area (Å²) in [7, 11) is 0. The highest BCUT2D eigenvalue weighted by Gasteiger charge is 1.91. The van der Waals surface area contributed by atoms with Crippen LogP contribution in [0, 0.1) is 0 Å². The summed E-state index contributed by atoms with van der Waals surface area (Å²) in [5.41, 5.74) is 0. The maximum Gasteiger partial charge on any atom is 0.00397 e. The molecule has 0 rings (SSSR count). The number of nitrogens with one attached hydrogen (secondary N) is 1. The van der Waals surface area contributed by atoms with Crippen molar-refractivity contribution in [2.24, 2.45) is 0 Å². The molecule has 0 aliphatic carbocycles. The summed E-state index contributed by atoms with van der Waals surface area (Å²) < 4.78 is 0. The smallest absolute Gasteiger partial charge is 0.00397 e. The van der Waals surface area contributed by atoms with E-state index in [2.05, 4.69) is 24.9 Å². The first kappa shape index (κ1) is 18.0. The van der Waals surface area contributed by atoms with Gasteiger partial charge in [0.1, 0.15) is 0 Å². The van der Waals surface area contributed by atoms with Gasteiger partial charge in [0, 0.05) is 12.3 Å². The Morgan fingerprint density at radius 2 is 1.33 bits per heavy atom. The molecule has 0 bridgehead atoms. The van der Waals surface area contributed by atoms with Gasteiger partial charge in [-0.15, -0.1) is 12.4 Å². The van der Waals surface area contributed by atoms with E-state index in [0.717, 1.165) is 12.3 Å². The molecule has 3 heteroatoms. The second-order valence-electron chi connectivity index (χ2n) is 3.95. The standard InChI is InChI=1S/C12H27NS.ClH/c1-2-3-4-5-6-7-8-9-10-13-11-12-14;/h13-14H,2-12H2,1H3;1H. The van der Waals surface area contributed by atoms with Crippen molar-refractivity contribution >= 4 is 25.0 Å². The summed E-state index contributed by atoms with van der Waals surface area (Å²) in [4.78, 5) is 0. The van der Waals surface area contributed by atoms with Gasteiger partial charge >= 0.3 is 0 Å². The third-order valence-corrected chi connectivity index (χ3v) is 2.72. The van der Waals surface area contributed by atoms with E-state index in [1.54, 1.807) is 0 Å². The Balaban J connectivity index is 0. The van der Waals surface area contributed by atoms with E-state index >= 15 is 0 Å². The first-order valence-corrected chi connectivity index (χ1v) is 6.86. The van der Waals surface area contributed by atoms with Crippen molar-refractivity contribution in [2.75, 3.05) is 18.8 Å². The Kier molecular flexibility index (Phi) is 20.4. The molecular weight excluding hydrogens is 226 g/mol. The van der Waals surface area contributed by atoms with Crippen LogP contribution in [0.3, 0.4) is 0 Å². The van der Waals surface area contributed by atoms with Crippen LogP contribution in [0.15, 0.2) is 0 Å². The second kappa shape index (κ2) is 17.0. The monoisotopic (exact) mass is 253 g/mol. The van der Waals surface area contributed by atoms with E-state index in [1.165, 1.54) is 57.9 Å². The molecular formula is C12H28ClNS. The van der Waals surface area contributed by atoms with Crippen LogP contribution in [0.4, 0.5) is 0 Å². The van der Waals surface area contributed by atoms with Crippen LogP contribution in [0.1, 0.15) is 58.3 Å². The molecule has 0 aromatic carbocycles. The van der Waals surface area contributed by atoms with Crippen LogP contribution in [0.25, 0.3) is 0 Å². The van der Waals surface area contributed by atoms with Gasteiger partial charge in [-0.25, -0.2) is 0 Å². The lowest BCUT2D eigenvalue weighted by Gasteiger charge is -2.02. The summed E-state index contributed by atoms with van der Waals surface area (Å²) >= 11 is 4.15. The lowest BCUT2D eigenvalue weighted by Crippen LogP contribution is -2.17. The summed E-state index contributed by atoms with van der Waals surface area (Å²) in [6, 6.07) is 0. The van der Waals surface area contributed by atoms with Crippen LogP contribution < -0.4 is 5.32 Å². The molecule has 1 nitrogen and oxygen atoms in total. The third-order valence-electron chi connectivity index (χ3n) is 2.50. The van der Waals surface area contributed by atoms with Crippen LogP contribution in [-0.4, -0.2) is 18.8 Å². The minimum absolute atomic E-state index is 0. The molecule has 0 aliphatic heterocycles. The van der Waals surface area contributed by atoms with Gasteiger partial charge in [0.25, 0.3) is 0 Å². The molecule has 1 N–H and O–H groups in total. The van der Waals surface area contributed by atoms with Crippen molar-refractivity contribution in [2.45, 2.75) is 58.3 Å². The minimum Gasteiger partial charge on any atom is -0.316 e. The van der Waals surface area contributed by atoms with Crippen molar-refractivity contribution in [1.82, 2.24) is 5.32 Å². The fourth-order valence-electron chi connectivity index (χ4n) is 1.59. The second-order valence-corrected chi connectivity index (χ2v) is 4.40. The Morgan fingerprint density at radius 1 is 0.800 bits per heavy atom. The molecule has 0 aliphatic rings. The van der Waals surface area contributed by atoms with Gasteiger partial charge < -0.3 is 5.32 Å². The highest BCUT2D eigenvalue weighted by atomic mass is 35.5. The van der Waals surface area contributed by atoms with Crippen LogP contribution in [-0.2, 0) is 0 Å². The number of hydrogen-bond acceptors (Lipinski definition) is 2. The summed E-state index contributed by atoms with van der Waals surface area (Å²) in [6.07, 6.45) is 11.2. The predicted octanol–water partition coefficient (Wildman–Crippen LogP) is 4.07. The highest BCUT2D eigenvalue weighted by molar-refractivity contribution is 7.80. The molecule has 0 atom stereocenters. The molecule has 0 saturated carbocycles. The molecule has 0 amide bonds. The lowest BCUT2D eigenvalue weighted by molar-refractivity contribution is 0.560. The largest absolute Gasteiger partial charge is 0.316 e. The Labute approximate surface area is 108 Å². The summed E-state index contributed by atoms with van der Waals surface area (Å²) in [5.74, 6) is 0.955. The molecule has 0 unspecified atom stereocenters. The quantitative estimate of drug-likeness (QED) is 0.418. The van der Waals surface area contributed by atoms with Crippen molar-refractivity contribution in [1.29, 1.82) is 0 Å². The maximum absolute atomic E-state index is 4.15. The van der Waals surface area contributed by atoms with Crippen molar-refractivity contribution in [3.05, 3.63) is 0 Å². The van der Waals surface area contributed by atoms with E-state index in [9.17, 15) is 0 Å². The fraction of sp³-hybridized carbons (Fsp3) is 1.00. The van der Waals surface area contributed by atoms with E-state index in [1.807, 2.05) is 0 Å². The first-order valence-electron chi connectivity index (χ1n) is 6.23. The molecule has 15 heavy (non-hydrogen) atoms. The van der Waals surface area contributed by atoms with Crippen LogP contribution in [0.5, 0.6) is 0 Å². The number of halogens is 1. The van der Waals surface area contributed by atoms with E-state index in [-0.39, 0.29) is 12.4 Å². The molecule has 94 valence electrons. The zero-order valence-electron chi connectivity index (χ0n) is 10.1. The molecule has 0 spiro atoms. The van der Waals surface area contributed by atoms with Gasteiger partial charge in [0.2, 0.25) is 0 Å². The van der Waals surface area contributed by atoms with E-state index in [4.69, 9.17) is 0 Å². The van der Waals surface area contributed by atoms with Crippen LogP contribution >= 0.6 is 25.0 Å². The number of thiol groups is 1. The number of unbranched alkanes of at least 4 members (excludes halogenated alkanes) is 7. The third kappa shape index (κ3) is 17.2. The molecule has 0 fully saturated rings. The highest BCUT2D eigenvalue weighted by Crippen LogP contribution is 2.07. The van der Waals surface area contributed by atoms with Crippen molar-refractivity contribution in [3.8, 4) is 0 Å². The van der Waals surface area contributed by atoms with Gasteiger partial charge in [-0.05, 0) is 13.0 Å². The average Bonchev–Trinajstić information content (AvgIpc) is 2.21. The SMILES string of the molecule is CCCCCCCCCCNCCS.Cl. The number of rotatable bonds is 11. The topological polar surface area (TPSA) is 12.0 Å². The molecule has 0 radical (unpaired) electrons. The zero-order valence-corrected chi connectivity index (χ0v) is 11.8. The van der Waals surface area contributed by atoms with Crippen molar-refractivity contribution < 1.29 is 0 Å². The fourth-order valence-corrected chi connectivity index (χ4v) is 1.75. The van der Waals surface area contributed by atoms with Gasteiger partial charge in [-0.3, -0.25) is 0 Å².